The Balaban J connectivity index is 1.44. The minimum Gasteiger partial charge on any atom is -0.489 e. The number of likely N-dealkylation sites (tertiary alicyclic amines) is 1. The Morgan fingerprint density at radius 1 is 1.14 bits per heavy atom. The zero-order valence-corrected chi connectivity index (χ0v) is 19.7. The number of hydrogen-bond donors (Lipinski definition) is 3. The lowest BCUT2D eigenvalue weighted by atomic mass is 9.93. The second-order valence-corrected chi connectivity index (χ2v) is 8.89. The number of nitrogens with one attached hydrogen (secondary N) is 2. The largest absolute Gasteiger partial charge is 0.489 e. The van der Waals surface area contributed by atoms with Crippen molar-refractivity contribution in [3.63, 3.8) is 0 Å². The van der Waals surface area contributed by atoms with Crippen LogP contribution in [0, 0.1) is 6.92 Å². The van der Waals surface area contributed by atoms with Crippen molar-refractivity contribution in [3.8, 4) is 5.75 Å². The number of amides is 3. The van der Waals surface area contributed by atoms with E-state index >= 15 is 0 Å². The van der Waals surface area contributed by atoms with Crippen molar-refractivity contribution in [3.05, 3.63) is 71.4 Å². The third kappa shape index (κ3) is 5.58. The van der Waals surface area contributed by atoms with Gasteiger partial charge in [0.1, 0.15) is 12.4 Å². The maximum absolute atomic E-state index is 13.0. The molecule has 2 aromatic carbocycles. The van der Waals surface area contributed by atoms with Gasteiger partial charge < -0.3 is 15.0 Å². The standard InChI is InChI=1S/C26H28N4O5/c1-17-13-20(22-5-3-4-6-23(22)27-17)15-35-21-9-7-19(8-10-21)25(33)28-26(14-24(32)29-34)11-12-30(16-26)18(2)31/h3-10,13,34H,11-12,14-16H2,1-2H3,(H,28,33)(H,29,32). The van der Waals surface area contributed by atoms with Gasteiger partial charge in [-0.3, -0.25) is 24.6 Å². The van der Waals surface area contributed by atoms with Crippen LogP contribution in [-0.2, 0) is 16.2 Å². The van der Waals surface area contributed by atoms with Gasteiger partial charge in [-0.25, -0.2) is 5.48 Å². The Labute approximate surface area is 203 Å². The molecule has 1 aliphatic rings. The Kier molecular flexibility index (Phi) is 6.97. The number of carbonyl (C=O) groups excluding carboxylic acids is 3. The molecule has 3 amide bonds. The average molecular weight is 477 g/mol. The maximum atomic E-state index is 13.0. The second-order valence-electron chi connectivity index (χ2n) is 8.89. The Morgan fingerprint density at radius 3 is 2.57 bits per heavy atom. The molecule has 0 bridgehead atoms. The van der Waals surface area contributed by atoms with E-state index in [1.807, 2.05) is 37.3 Å². The number of aromatic nitrogens is 1. The first-order valence-electron chi connectivity index (χ1n) is 11.4. The fourth-order valence-corrected chi connectivity index (χ4v) is 4.47. The van der Waals surface area contributed by atoms with E-state index in [9.17, 15) is 14.4 Å². The van der Waals surface area contributed by atoms with Gasteiger partial charge in [-0.2, -0.15) is 0 Å². The van der Waals surface area contributed by atoms with E-state index in [4.69, 9.17) is 9.94 Å². The first-order chi connectivity index (χ1) is 16.8. The van der Waals surface area contributed by atoms with Crippen molar-refractivity contribution in [1.29, 1.82) is 0 Å². The molecule has 9 nitrogen and oxygen atoms in total. The van der Waals surface area contributed by atoms with E-state index in [2.05, 4.69) is 10.3 Å². The molecule has 0 radical (unpaired) electrons. The van der Waals surface area contributed by atoms with Gasteiger partial charge in [0, 0.05) is 42.2 Å². The van der Waals surface area contributed by atoms with E-state index in [1.165, 1.54) is 6.92 Å². The van der Waals surface area contributed by atoms with Crippen LogP contribution in [0.4, 0.5) is 0 Å². The number of aryl methyl sites for hydroxylation is 1. The number of fused-ring (bicyclic) bond motifs is 1. The Hall–Kier alpha value is -3.98. The molecule has 4 rings (SSSR count). The number of pyridine rings is 1. The normalized spacial score (nSPS) is 17.3. The molecule has 2 heterocycles. The highest BCUT2D eigenvalue weighted by Crippen LogP contribution is 2.26. The minimum atomic E-state index is -0.953. The second kappa shape index (κ2) is 10.1. The van der Waals surface area contributed by atoms with Gasteiger partial charge in [-0.15, -0.1) is 0 Å². The van der Waals surface area contributed by atoms with Crippen LogP contribution >= 0.6 is 0 Å². The molecule has 1 atom stereocenters. The van der Waals surface area contributed by atoms with Crippen molar-refractivity contribution in [2.45, 2.75) is 38.8 Å². The van der Waals surface area contributed by atoms with Gasteiger partial charge in [0.15, 0.2) is 0 Å². The van der Waals surface area contributed by atoms with Crippen molar-refractivity contribution < 1.29 is 24.3 Å². The van der Waals surface area contributed by atoms with Crippen LogP contribution in [0.3, 0.4) is 0 Å². The van der Waals surface area contributed by atoms with Crippen LogP contribution in [0.1, 0.15) is 41.4 Å². The summed E-state index contributed by atoms with van der Waals surface area (Å²) in [6.45, 7) is 4.36. The van der Waals surface area contributed by atoms with E-state index in [-0.39, 0.29) is 24.8 Å². The lowest BCUT2D eigenvalue weighted by Crippen LogP contribution is -2.53. The number of hydrogen-bond acceptors (Lipinski definition) is 6. The number of nitrogens with zero attached hydrogens (tertiary/aromatic N) is 2. The molecule has 35 heavy (non-hydrogen) atoms. The van der Waals surface area contributed by atoms with Crippen molar-refractivity contribution in [1.82, 2.24) is 20.7 Å². The monoisotopic (exact) mass is 476 g/mol. The summed E-state index contributed by atoms with van der Waals surface area (Å²) in [7, 11) is 0. The summed E-state index contributed by atoms with van der Waals surface area (Å²) in [5.74, 6) is -0.524. The quantitative estimate of drug-likeness (QED) is 0.356. The molecule has 3 aromatic rings. The van der Waals surface area contributed by atoms with Crippen LogP contribution in [-0.4, -0.2) is 51.4 Å². The topological polar surface area (TPSA) is 121 Å². The van der Waals surface area contributed by atoms with E-state index in [0.29, 0.717) is 30.9 Å². The minimum absolute atomic E-state index is 0.135. The summed E-state index contributed by atoms with van der Waals surface area (Å²) in [5.41, 5.74) is 3.90. The molecule has 9 heteroatoms. The summed E-state index contributed by atoms with van der Waals surface area (Å²) in [6, 6.07) is 16.6. The molecule has 1 saturated heterocycles. The van der Waals surface area contributed by atoms with E-state index in [1.54, 1.807) is 34.6 Å². The highest BCUT2D eigenvalue weighted by Gasteiger charge is 2.42. The summed E-state index contributed by atoms with van der Waals surface area (Å²) < 4.78 is 5.97. The summed E-state index contributed by atoms with van der Waals surface area (Å²) in [6.07, 6.45) is 0.270. The highest BCUT2D eigenvalue weighted by molar-refractivity contribution is 5.95. The van der Waals surface area contributed by atoms with Crippen molar-refractivity contribution in [2.75, 3.05) is 13.1 Å². The Morgan fingerprint density at radius 2 is 1.89 bits per heavy atom. The number of benzene rings is 2. The highest BCUT2D eigenvalue weighted by atomic mass is 16.5. The van der Waals surface area contributed by atoms with Crippen LogP contribution < -0.4 is 15.5 Å². The van der Waals surface area contributed by atoms with Gasteiger partial charge in [-0.1, -0.05) is 18.2 Å². The number of ether oxygens (including phenoxy) is 1. The third-order valence-corrected chi connectivity index (χ3v) is 6.24. The SMILES string of the molecule is CC(=O)N1CCC(CC(=O)NO)(NC(=O)c2ccc(OCc3cc(C)nc4ccccc34)cc2)C1. The zero-order chi connectivity index (χ0) is 25.0. The first kappa shape index (κ1) is 24.2. The molecule has 1 aliphatic heterocycles. The predicted molar refractivity (Wildman–Crippen MR) is 129 cm³/mol. The lowest BCUT2D eigenvalue weighted by Gasteiger charge is -2.29. The number of para-hydroxylation sites is 1. The fraction of sp³-hybridized carbons (Fsp3) is 0.308. The summed E-state index contributed by atoms with van der Waals surface area (Å²) in [5, 5.41) is 12.9. The summed E-state index contributed by atoms with van der Waals surface area (Å²) >= 11 is 0. The van der Waals surface area contributed by atoms with Gasteiger partial charge in [0.05, 0.1) is 17.5 Å². The lowest BCUT2D eigenvalue weighted by molar-refractivity contribution is -0.131. The Bertz CT molecular complexity index is 1260. The van der Waals surface area contributed by atoms with Crippen molar-refractivity contribution >= 4 is 28.6 Å². The maximum Gasteiger partial charge on any atom is 0.251 e. The number of hydroxylamine groups is 1. The molecule has 1 unspecified atom stereocenters. The number of carbonyl (C=O) groups is 3. The van der Waals surface area contributed by atoms with Gasteiger partial charge in [0.25, 0.3) is 5.91 Å². The van der Waals surface area contributed by atoms with Gasteiger partial charge in [0.2, 0.25) is 11.8 Å². The fourth-order valence-electron chi connectivity index (χ4n) is 4.47. The van der Waals surface area contributed by atoms with Crippen LogP contribution in [0.2, 0.25) is 0 Å². The average Bonchev–Trinajstić information content (AvgIpc) is 3.26. The van der Waals surface area contributed by atoms with E-state index < -0.39 is 11.4 Å². The molecule has 0 aliphatic carbocycles. The van der Waals surface area contributed by atoms with E-state index in [0.717, 1.165) is 22.2 Å². The third-order valence-electron chi connectivity index (χ3n) is 6.24. The number of rotatable bonds is 7. The smallest absolute Gasteiger partial charge is 0.251 e. The molecule has 0 saturated carbocycles. The van der Waals surface area contributed by atoms with Gasteiger partial charge >= 0.3 is 0 Å². The molecule has 0 spiro atoms. The first-order valence-corrected chi connectivity index (χ1v) is 11.4. The molecular weight excluding hydrogens is 448 g/mol. The summed E-state index contributed by atoms with van der Waals surface area (Å²) in [4.78, 5) is 42.7. The molecular formula is C26H28N4O5. The van der Waals surface area contributed by atoms with Crippen LogP contribution in [0.5, 0.6) is 5.75 Å². The molecule has 1 aromatic heterocycles. The predicted octanol–water partition coefficient (Wildman–Crippen LogP) is 2.74. The van der Waals surface area contributed by atoms with Crippen LogP contribution in [0.15, 0.2) is 54.6 Å². The molecule has 182 valence electrons. The van der Waals surface area contributed by atoms with Crippen LogP contribution in [0.25, 0.3) is 10.9 Å². The molecule has 1 fully saturated rings. The molecule has 3 N–H and O–H groups in total. The van der Waals surface area contributed by atoms with Crippen molar-refractivity contribution in [2.24, 2.45) is 0 Å². The zero-order valence-electron chi connectivity index (χ0n) is 19.7. The van der Waals surface area contributed by atoms with Gasteiger partial charge in [-0.05, 0) is 49.7 Å².